The van der Waals surface area contributed by atoms with Gasteiger partial charge in [0.15, 0.2) is 0 Å². The monoisotopic (exact) mass is 302 g/mol. The van der Waals surface area contributed by atoms with Crippen molar-refractivity contribution in [3.8, 4) is 0 Å². The van der Waals surface area contributed by atoms with Crippen molar-refractivity contribution in [2.45, 2.75) is 53.3 Å². The molecular formula is C17H25F3O. The number of rotatable bonds is 4. The first-order chi connectivity index (χ1) is 9.68. The SMILES string of the molecule is CC/C=C(/C=C\C1=C(C)C(C)OCC1C(C)C)C(F)(F)F. The van der Waals surface area contributed by atoms with E-state index in [0.717, 1.165) is 11.1 Å². The topological polar surface area (TPSA) is 9.23 Å². The van der Waals surface area contributed by atoms with Gasteiger partial charge in [-0.3, -0.25) is 0 Å². The molecule has 0 radical (unpaired) electrons. The Kier molecular flexibility index (Phi) is 6.26. The molecule has 4 heteroatoms. The summed E-state index contributed by atoms with van der Waals surface area (Å²) in [7, 11) is 0. The maximum absolute atomic E-state index is 12.9. The van der Waals surface area contributed by atoms with Gasteiger partial charge in [0, 0.05) is 5.92 Å². The van der Waals surface area contributed by atoms with Crippen LogP contribution in [0.5, 0.6) is 0 Å². The molecule has 0 aliphatic carbocycles. The first-order valence-electron chi connectivity index (χ1n) is 7.46. The standard InChI is InChI=1S/C17H25F3O/c1-6-7-14(17(18,19)20)8-9-15-12(4)13(5)21-10-16(15)11(2)3/h7-9,11,13,16H,6,10H2,1-5H3/b9-8-,14-7-. The molecule has 0 saturated heterocycles. The largest absolute Gasteiger partial charge is 0.416 e. The van der Waals surface area contributed by atoms with E-state index in [1.165, 1.54) is 12.2 Å². The lowest BCUT2D eigenvalue weighted by atomic mass is 9.82. The Hall–Kier alpha value is -1.03. The minimum Gasteiger partial charge on any atom is -0.374 e. The van der Waals surface area contributed by atoms with Crippen molar-refractivity contribution in [2.75, 3.05) is 6.61 Å². The molecule has 0 bridgehead atoms. The average molecular weight is 302 g/mol. The van der Waals surface area contributed by atoms with Crippen molar-refractivity contribution >= 4 is 0 Å². The Balaban J connectivity index is 3.13. The summed E-state index contributed by atoms with van der Waals surface area (Å²) in [6.07, 6.45) is 0.0859. The van der Waals surface area contributed by atoms with Crippen LogP contribution in [0.25, 0.3) is 0 Å². The number of hydrogen-bond donors (Lipinski definition) is 0. The number of halogens is 3. The van der Waals surface area contributed by atoms with Crippen LogP contribution in [-0.2, 0) is 4.74 Å². The zero-order valence-corrected chi connectivity index (χ0v) is 13.4. The van der Waals surface area contributed by atoms with Gasteiger partial charge in [-0.05, 0) is 37.3 Å². The van der Waals surface area contributed by atoms with E-state index >= 15 is 0 Å². The van der Waals surface area contributed by atoms with Crippen LogP contribution in [0.1, 0.15) is 41.0 Å². The van der Waals surface area contributed by atoms with Crippen LogP contribution < -0.4 is 0 Å². The van der Waals surface area contributed by atoms with Crippen LogP contribution in [0, 0.1) is 11.8 Å². The third kappa shape index (κ3) is 4.73. The third-order valence-corrected chi connectivity index (χ3v) is 3.99. The molecule has 1 heterocycles. The molecule has 2 atom stereocenters. The van der Waals surface area contributed by atoms with E-state index < -0.39 is 11.7 Å². The first kappa shape index (κ1) is 18.0. The van der Waals surface area contributed by atoms with Gasteiger partial charge in [0.05, 0.1) is 18.3 Å². The highest BCUT2D eigenvalue weighted by Crippen LogP contribution is 2.33. The van der Waals surface area contributed by atoms with Crippen LogP contribution in [0.3, 0.4) is 0 Å². The summed E-state index contributed by atoms with van der Waals surface area (Å²) >= 11 is 0. The molecule has 120 valence electrons. The fraction of sp³-hybridized carbons (Fsp3) is 0.647. The second kappa shape index (κ2) is 7.30. The normalized spacial score (nSPS) is 25.3. The molecule has 1 aliphatic rings. The van der Waals surface area contributed by atoms with Crippen LogP contribution >= 0.6 is 0 Å². The van der Waals surface area contributed by atoms with Crippen LogP contribution in [-0.4, -0.2) is 18.9 Å². The van der Waals surface area contributed by atoms with Crippen molar-refractivity contribution < 1.29 is 17.9 Å². The van der Waals surface area contributed by atoms with Crippen molar-refractivity contribution in [3.05, 3.63) is 34.9 Å². The van der Waals surface area contributed by atoms with Crippen molar-refractivity contribution in [1.82, 2.24) is 0 Å². The summed E-state index contributed by atoms with van der Waals surface area (Å²) in [5, 5.41) is 0. The molecule has 0 aromatic carbocycles. The van der Waals surface area contributed by atoms with Gasteiger partial charge in [0.1, 0.15) is 0 Å². The summed E-state index contributed by atoms with van der Waals surface area (Å²) in [5.41, 5.74) is 1.43. The predicted octanol–water partition coefficient (Wildman–Crippen LogP) is 5.45. The molecule has 1 aliphatic heterocycles. The van der Waals surface area contributed by atoms with E-state index in [9.17, 15) is 13.2 Å². The molecule has 0 saturated carbocycles. The van der Waals surface area contributed by atoms with Crippen molar-refractivity contribution in [2.24, 2.45) is 11.8 Å². The summed E-state index contributed by atoms with van der Waals surface area (Å²) < 4.78 is 44.5. The fourth-order valence-electron chi connectivity index (χ4n) is 2.47. The van der Waals surface area contributed by atoms with Gasteiger partial charge in [-0.25, -0.2) is 0 Å². The van der Waals surface area contributed by atoms with E-state index in [-0.39, 0.29) is 12.0 Å². The minimum absolute atomic E-state index is 0.0378. The lowest BCUT2D eigenvalue weighted by Gasteiger charge is -2.32. The fourth-order valence-corrected chi connectivity index (χ4v) is 2.47. The zero-order chi connectivity index (χ0) is 16.2. The second-order valence-corrected chi connectivity index (χ2v) is 5.86. The smallest absolute Gasteiger partial charge is 0.374 e. The van der Waals surface area contributed by atoms with Crippen molar-refractivity contribution in [3.63, 3.8) is 0 Å². The van der Waals surface area contributed by atoms with Gasteiger partial charge in [-0.2, -0.15) is 13.2 Å². The van der Waals surface area contributed by atoms with Crippen molar-refractivity contribution in [1.29, 1.82) is 0 Å². The number of ether oxygens (including phenoxy) is 1. The molecular weight excluding hydrogens is 277 g/mol. The second-order valence-electron chi connectivity index (χ2n) is 5.86. The average Bonchev–Trinajstić information content (AvgIpc) is 2.37. The third-order valence-electron chi connectivity index (χ3n) is 3.99. The Morgan fingerprint density at radius 2 is 2.00 bits per heavy atom. The summed E-state index contributed by atoms with van der Waals surface area (Å²) in [6, 6.07) is 0. The lowest BCUT2D eigenvalue weighted by molar-refractivity contribution is -0.0884. The van der Waals surface area contributed by atoms with Crippen LogP contribution in [0.2, 0.25) is 0 Å². The van der Waals surface area contributed by atoms with E-state index in [1.54, 1.807) is 13.0 Å². The van der Waals surface area contributed by atoms with E-state index in [4.69, 9.17) is 4.74 Å². The van der Waals surface area contributed by atoms with Crippen LogP contribution in [0.15, 0.2) is 34.9 Å². The molecule has 0 fully saturated rings. The molecule has 0 aromatic rings. The van der Waals surface area contributed by atoms with E-state index in [0.29, 0.717) is 18.9 Å². The maximum Gasteiger partial charge on any atom is 0.416 e. The molecule has 0 aromatic heterocycles. The molecule has 1 nitrogen and oxygen atoms in total. The minimum atomic E-state index is -4.30. The molecule has 2 unspecified atom stereocenters. The summed E-state index contributed by atoms with van der Waals surface area (Å²) in [5.74, 6) is 0.477. The zero-order valence-electron chi connectivity index (χ0n) is 13.4. The van der Waals surface area contributed by atoms with Gasteiger partial charge in [-0.1, -0.05) is 39.0 Å². The van der Waals surface area contributed by atoms with E-state index in [2.05, 4.69) is 13.8 Å². The Labute approximate surface area is 125 Å². The van der Waals surface area contributed by atoms with E-state index in [1.807, 2.05) is 13.8 Å². The predicted molar refractivity (Wildman–Crippen MR) is 80.0 cm³/mol. The highest BCUT2D eigenvalue weighted by atomic mass is 19.4. The maximum atomic E-state index is 12.9. The van der Waals surface area contributed by atoms with Gasteiger partial charge in [0.25, 0.3) is 0 Å². The molecule has 1 rings (SSSR count). The van der Waals surface area contributed by atoms with Crippen LogP contribution in [0.4, 0.5) is 13.2 Å². The highest BCUT2D eigenvalue weighted by molar-refractivity contribution is 5.36. The molecule has 0 spiro atoms. The number of alkyl halides is 3. The van der Waals surface area contributed by atoms with Gasteiger partial charge < -0.3 is 4.74 Å². The van der Waals surface area contributed by atoms with Gasteiger partial charge >= 0.3 is 6.18 Å². The molecule has 0 N–H and O–H groups in total. The first-order valence-corrected chi connectivity index (χ1v) is 7.46. The number of allylic oxidation sites excluding steroid dienone is 4. The highest BCUT2D eigenvalue weighted by Gasteiger charge is 2.32. The Bertz CT molecular complexity index is 441. The number of hydrogen-bond acceptors (Lipinski definition) is 1. The Morgan fingerprint density at radius 1 is 1.38 bits per heavy atom. The quantitative estimate of drug-likeness (QED) is 0.628. The molecule has 21 heavy (non-hydrogen) atoms. The van der Waals surface area contributed by atoms with Gasteiger partial charge in [-0.15, -0.1) is 0 Å². The summed E-state index contributed by atoms with van der Waals surface area (Å²) in [4.78, 5) is 0. The summed E-state index contributed by atoms with van der Waals surface area (Å²) in [6.45, 7) is 10.3. The molecule has 0 amide bonds. The Morgan fingerprint density at radius 3 is 2.48 bits per heavy atom. The lowest BCUT2D eigenvalue weighted by Crippen LogP contribution is -2.29. The van der Waals surface area contributed by atoms with Gasteiger partial charge in [0.2, 0.25) is 0 Å².